The number of nitrogens with one attached hydrogen (secondary N) is 1. The van der Waals surface area contributed by atoms with Crippen LogP contribution in [-0.2, 0) is 6.42 Å². The third-order valence-electron chi connectivity index (χ3n) is 3.52. The van der Waals surface area contributed by atoms with Crippen molar-refractivity contribution in [3.8, 4) is 0 Å². The van der Waals surface area contributed by atoms with Crippen molar-refractivity contribution < 1.29 is 9.32 Å². The Labute approximate surface area is 116 Å². The minimum absolute atomic E-state index is 0.0225. The second-order valence-electron chi connectivity index (χ2n) is 5.01. The number of hydrogen-bond acceptors (Lipinski definition) is 5. The first-order valence-corrected chi connectivity index (χ1v) is 6.63. The Hall–Kier alpha value is -2.37. The molecule has 1 aliphatic rings. The van der Waals surface area contributed by atoms with Crippen molar-refractivity contribution in [2.45, 2.75) is 32.2 Å². The lowest BCUT2D eigenvalue weighted by Gasteiger charge is -2.26. The van der Waals surface area contributed by atoms with Gasteiger partial charge >= 0.3 is 0 Å². The molecule has 1 aromatic heterocycles. The molecular weight excluding hydrogens is 256 g/mol. The van der Waals surface area contributed by atoms with Crippen LogP contribution in [0, 0.1) is 6.92 Å². The van der Waals surface area contributed by atoms with Crippen molar-refractivity contribution in [3.05, 3.63) is 41.0 Å². The van der Waals surface area contributed by atoms with Gasteiger partial charge in [0.15, 0.2) is 0 Å². The van der Waals surface area contributed by atoms with E-state index in [-0.39, 0.29) is 17.8 Å². The number of nitrogen functional groups attached to an aromatic ring is 1. The molecule has 0 bridgehead atoms. The number of aryl methyl sites for hydroxylation is 2. The monoisotopic (exact) mass is 272 g/mol. The van der Waals surface area contributed by atoms with Gasteiger partial charge in [-0.3, -0.25) is 4.79 Å². The molecule has 1 amide bonds. The zero-order valence-corrected chi connectivity index (χ0v) is 11.2. The molecular formula is C14H16N4O2. The molecule has 1 aromatic carbocycles. The van der Waals surface area contributed by atoms with Crippen molar-refractivity contribution in [2.24, 2.45) is 0 Å². The van der Waals surface area contributed by atoms with Gasteiger partial charge in [-0.25, -0.2) is 0 Å². The molecule has 0 aliphatic heterocycles. The van der Waals surface area contributed by atoms with Crippen LogP contribution < -0.4 is 11.1 Å². The molecule has 6 nitrogen and oxygen atoms in total. The van der Waals surface area contributed by atoms with E-state index in [1.807, 2.05) is 18.2 Å². The highest BCUT2D eigenvalue weighted by molar-refractivity contribution is 5.90. The Morgan fingerprint density at radius 2 is 2.35 bits per heavy atom. The van der Waals surface area contributed by atoms with E-state index in [2.05, 4.69) is 15.5 Å². The molecule has 6 heteroatoms. The van der Waals surface area contributed by atoms with Crippen LogP contribution in [0.5, 0.6) is 0 Å². The van der Waals surface area contributed by atoms with Crippen LogP contribution in [-0.4, -0.2) is 16.0 Å². The maximum atomic E-state index is 12.1. The van der Waals surface area contributed by atoms with Gasteiger partial charge in [0.1, 0.15) is 0 Å². The summed E-state index contributed by atoms with van der Waals surface area (Å²) in [5.41, 5.74) is 8.88. The number of hydrogen-bond donors (Lipinski definition) is 2. The maximum Gasteiger partial charge on any atom is 0.293 e. The summed E-state index contributed by atoms with van der Waals surface area (Å²) in [7, 11) is 0. The summed E-state index contributed by atoms with van der Waals surface area (Å²) < 4.78 is 4.82. The quantitative estimate of drug-likeness (QED) is 0.812. The predicted molar refractivity (Wildman–Crippen MR) is 73.0 cm³/mol. The molecule has 104 valence electrons. The molecule has 1 heterocycles. The Bertz CT molecular complexity index is 650. The zero-order valence-electron chi connectivity index (χ0n) is 11.2. The third kappa shape index (κ3) is 2.36. The van der Waals surface area contributed by atoms with Crippen LogP contribution in [0.1, 0.15) is 46.5 Å². The van der Waals surface area contributed by atoms with Gasteiger partial charge in [-0.15, -0.1) is 0 Å². The molecule has 2 aromatic rings. The lowest BCUT2D eigenvalue weighted by Crippen LogP contribution is -2.31. The molecule has 1 unspecified atom stereocenters. The third-order valence-corrected chi connectivity index (χ3v) is 3.52. The summed E-state index contributed by atoms with van der Waals surface area (Å²) in [6, 6.07) is 5.80. The minimum atomic E-state index is -0.309. The van der Waals surface area contributed by atoms with E-state index in [1.165, 1.54) is 5.56 Å². The summed E-state index contributed by atoms with van der Waals surface area (Å²) in [4.78, 5) is 16.0. The molecule has 0 radical (unpaired) electrons. The van der Waals surface area contributed by atoms with Crippen LogP contribution in [0.4, 0.5) is 5.69 Å². The number of amides is 1. The fourth-order valence-electron chi connectivity index (χ4n) is 2.60. The van der Waals surface area contributed by atoms with Crippen molar-refractivity contribution >= 4 is 11.6 Å². The van der Waals surface area contributed by atoms with Crippen LogP contribution in [0.15, 0.2) is 22.7 Å². The number of carbonyl (C=O) groups excluding carboxylic acids is 1. The average molecular weight is 272 g/mol. The highest BCUT2D eigenvalue weighted by Crippen LogP contribution is 2.31. The summed E-state index contributed by atoms with van der Waals surface area (Å²) in [5.74, 6) is 0.147. The lowest BCUT2D eigenvalue weighted by atomic mass is 9.87. The van der Waals surface area contributed by atoms with E-state index in [9.17, 15) is 4.79 Å². The first-order chi connectivity index (χ1) is 9.63. The number of nitrogens with two attached hydrogens (primary N) is 1. The second-order valence-corrected chi connectivity index (χ2v) is 5.01. The van der Waals surface area contributed by atoms with E-state index < -0.39 is 0 Å². The van der Waals surface area contributed by atoms with Crippen molar-refractivity contribution in [1.82, 2.24) is 15.5 Å². The van der Waals surface area contributed by atoms with Gasteiger partial charge in [0.05, 0.1) is 6.04 Å². The van der Waals surface area contributed by atoms with E-state index in [0.717, 1.165) is 30.5 Å². The van der Waals surface area contributed by atoms with Crippen LogP contribution >= 0.6 is 0 Å². The van der Waals surface area contributed by atoms with E-state index in [1.54, 1.807) is 6.92 Å². The van der Waals surface area contributed by atoms with Gasteiger partial charge in [0.2, 0.25) is 5.89 Å². The Kier molecular flexibility index (Phi) is 3.14. The van der Waals surface area contributed by atoms with Gasteiger partial charge < -0.3 is 15.6 Å². The van der Waals surface area contributed by atoms with Gasteiger partial charge in [-0.1, -0.05) is 11.2 Å². The van der Waals surface area contributed by atoms with Gasteiger partial charge in [-0.05, 0) is 42.5 Å². The smallest absolute Gasteiger partial charge is 0.293 e. The SMILES string of the molecule is Cc1nc(C(=O)NC2CCCc3cc(N)ccc32)no1. The fourth-order valence-corrected chi connectivity index (χ4v) is 2.60. The number of anilines is 1. The minimum Gasteiger partial charge on any atom is -0.399 e. The Morgan fingerprint density at radius 3 is 3.10 bits per heavy atom. The molecule has 0 spiro atoms. The first-order valence-electron chi connectivity index (χ1n) is 6.63. The van der Waals surface area contributed by atoms with E-state index in [0.29, 0.717) is 5.89 Å². The number of carbonyl (C=O) groups is 1. The second kappa shape index (κ2) is 4.96. The fraction of sp³-hybridized carbons (Fsp3) is 0.357. The number of fused-ring (bicyclic) bond motifs is 1. The van der Waals surface area contributed by atoms with Crippen LogP contribution in [0.3, 0.4) is 0 Å². The molecule has 1 atom stereocenters. The molecule has 3 rings (SSSR count). The van der Waals surface area contributed by atoms with Gasteiger partial charge in [0, 0.05) is 12.6 Å². The number of rotatable bonds is 2. The normalized spacial score (nSPS) is 17.6. The summed E-state index contributed by atoms with van der Waals surface area (Å²) in [6.07, 6.45) is 2.92. The zero-order chi connectivity index (χ0) is 14.1. The van der Waals surface area contributed by atoms with Gasteiger partial charge in [-0.2, -0.15) is 4.98 Å². The summed E-state index contributed by atoms with van der Waals surface area (Å²) in [5, 5.41) is 6.59. The Balaban J connectivity index is 1.81. The molecule has 0 fully saturated rings. The van der Waals surface area contributed by atoms with Crippen LogP contribution in [0.25, 0.3) is 0 Å². The number of nitrogens with zero attached hydrogens (tertiary/aromatic N) is 2. The van der Waals surface area contributed by atoms with Crippen molar-refractivity contribution in [3.63, 3.8) is 0 Å². The topological polar surface area (TPSA) is 94.0 Å². The molecule has 0 saturated carbocycles. The molecule has 20 heavy (non-hydrogen) atoms. The lowest BCUT2D eigenvalue weighted by molar-refractivity contribution is 0.0919. The number of aromatic nitrogens is 2. The predicted octanol–water partition coefficient (Wildman–Crippen LogP) is 1.77. The standard InChI is InChI=1S/C14H16N4O2/c1-8-16-13(18-20-8)14(19)17-12-4-2-3-9-7-10(15)5-6-11(9)12/h5-7,12H,2-4,15H2,1H3,(H,17,19). The van der Waals surface area contributed by atoms with Crippen LogP contribution in [0.2, 0.25) is 0 Å². The summed E-state index contributed by atoms with van der Waals surface area (Å²) in [6.45, 7) is 1.66. The Morgan fingerprint density at radius 1 is 1.50 bits per heavy atom. The van der Waals surface area contributed by atoms with Crippen molar-refractivity contribution in [2.75, 3.05) is 5.73 Å². The summed E-state index contributed by atoms with van der Waals surface area (Å²) >= 11 is 0. The maximum absolute atomic E-state index is 12.1. The average Bonchev–Trinajstić information content (AvgIpc) is 2.85. The van der Waals surface area contributed by atoms with E-state index in [4.69, 9.17) is 10.3 Å². The first kappa shape index (κ1) is 12.7. The highest BCUT2D eigenvalue weighted by atomic mass is 16.5. The highest BCUT2D eigenvalue weighted by Gasteiger charge is 2.24. The van der Waals surface area contributed by atoms with Gasteiger partial charge in [0.25, 0.3) is 11.7 Å². The molecule has 0 saturated heterocycles. The molecule has 1 aliphatic carbocycles. The molecule has 3 N–H and O–H groups in total. The largest absolute Gasteiger partial charge is 0.399 e. The van der Waals surface area contributed by atoms with E-state index >= 15 is 0 Å². The van der Waals surface area contributed by atoms with Crippen molar-refractivity contribution in [1.29, 1.82) is 0 Å². The number of benzene rings is 1.